The van der Waals surface area contributed by atoms with Gasteiger partial charge in [0.2, 0.25) is 0 Å². The summed E-state index contributed by atoms with van der Waals surface area (Å²) in [6, 6.07) is 7.36. The minimum Gasteiger partial charge on any atom is -0.464 e. The van der Waals surface area contributed by atoms with E-state index in [9.17, 15) is 0 Å². The molecule has 2 heteroatoms. The second-order valence-electron chi connectivity index (χ2n) is 6.36. The zero-order chi connectivity index (χ0) is 13.5. The minimum absolute atomic E-state index is 0.229. The molecular weight excluding hydrogens is 234 g/mol. The number of hydrogen-bond donors (Lipinski definition) is 1. The molecular formula is C17H23NO. The Balaban J connectivity index is 1.92. The molecule has 102 valence electrons. The number of benzene rings is 1. The van der Waals surface area contributed by atoms with E-state index in [1.54, 1.807) is 0 Å². The van der Waals surface area contributed by atoms with Gasteiger partial charge >= 0.3 is 0 Å². The van der Waals surface area contributed by atoms with Crippen molar-refractivity contribution in [1.82, 2.24) is 5.32 Å². The summed E-state index contributed by atoms with van der Waals surface area (Å²) in [6.07, 6.45) is 5.70. The Labute approximate surface area is 115 Å². The third-order valence-corrected chi connectivity index (χ3v) is 4.48. The summed E-state index contributed by atoms with van der Waals surface area (Å²) in [6.45, 7) is 7.77. The van der Waals surface area contributed by atoms with E-state index in [1.807, 2.05) is 6.26 Å². The Morgan fingerprint density at radius 2 is 2.11 bits per heavy atom. The molecule has 2 aromatic rings. The zero-order valence-electron chi connectivity index (χ0n) is 12.1. The maximum absolute atomic E-state index is 5.66. The predicted molar refractivity (Wildman–Crippen MR) is 79.4 cm³/mol. The lowest BCUT2D eigenvalue weighted by Crippen LogP contribution is -2.16. The van der Waals surface area contributed by atoms with Gasteiger partial charge in [-0.1, -0.05) is 26.8 Å². The second kappa shape index (κ2) is 4.68. The standard InChI is InChI=1S/C17H23NO/c1-4-17(2,3)13-5-8-16-15(9-13)12(11-19-16)10-18-14-6-7-14/h5,8-9,11,14,18H,4,6-7,10H2,1-3H3. The highest BCUT2D eigenvalue weighted by Gasteiger charge is 2.22. The molecule has 0 aliphatic heterocycles. The fourth-order valence-corrected chi connectivity index (χ4v) is 2.39. The van der Waals surface area contributed by atoms with Crippen molar-refractivity contribution in [3.8, 4) is 0 Å². The van der Waals surface area contributed by atoms with E-state index in [1.165, 1.54) is 29.4 Å². The number of fused-ring (bicyclic) bond motifs is 1. The average Bonchev–Trinajstić information content (AvgIpc) is 3.16. The lowest BCUT2D eigenvalue weighted by Gasteiger charge is -2.23. The highest BCUT2D eigenvalue weighted by molar-refractivity contribution is 5.82. The second-order valence-corrected chi connectivity index (χ2v) is 6.36. The zero-order valence-corrected chi connectivity index (χ0v) is 12.1. The van der Waals surface area contributed by atoms with Gasteiger partial charge in [-0.25, -0.2) is 0 Å². The molecule has 1 fully saturated rings. The lowest BCUT2D eigenvalue weighted by atomic mass is 9.82. The third-order valence-electron chi connectivity index (χ3n) is 4.48. The first-order chi connectivity index (χ1) is 9.10. The first-order valence-electron chi connectivity index (χ1n) is 7.34. The van der Waals surface area contributed by atoms with Crippen molar-refractivity contribution in [3.63, 3.8) is 0 Å². The van der Waals surface area contributed by atoms with E-state index in [-0.39, 0.29) is 5.41 Å². The molecule has 0 bridgehead atoms. The molecule has 0 atom stereocenters. The molecule has 0 amide bonds. The summed E-state index contributed by atoms with van der Waals surface area (Å²) in [5.41, 5.74) is 3.92. The first kappa shape index (κ1) is 12.7. The van der Waals surface area contributed by atoms with Crippen LogP contribution in [0.1, 0.15) is 51.2 Å². The number of rotatable bonds is 5. The molecule has 1 aliphatic carbocycles. The molecule has 0 unspecified atom stereocenters. The third kappa shape index (κ3) is 2.55. The van der Waals surface area contributed by atoms with E-state index in [0.717, 1.165) is 24.6 Å². The molecule has 3 rings (SSSR count). The SMILES string of the molecule is CCC(C)(C)c1ccc2occ(CNC3CC3)c2c1. The smallest absolute Gasteiger partial charge is 0.134 e. The van der Waals surface area contributed by atoms with Crippen molar-refractivity contribution in [1.29, 1.82) is 0 Å². The molecule has 1 heterocycles. The Kier molecular flexibility index (Phi) is 3.14. The molecule has 1 saturated carbocycles. The van der Waals surface area contributed by atoms with Crippen LogP contribution in [0.15, 0.2) is 28.9 Å². The Bertz CT molecular complexity index is 578. The van der Waals surface area contributed by atoms with Crippen molar-refractivity contribution in [2.45, 2.75) is 58.0 Å². The first-order valence-corrected chi connectivity index (χ1v) is 7.34. The van der Waals surface area contributed by atoms with Crippen LogP contribution in [0, 0.1) is 0 Å². The molecule has 1 N–H and O–H groups in total. The van der Waals surface area contributed by atoms with Crippen LogP contribution in [-0.2, 0) is 12.0 Å². The van der Waals surface area contributed by atoms with Crippen LogP contribution in [0.4, 0.5) is 0 Å². The van der Waals surface area contributed by atoms with E-state index in [0.29, 0.717) is 0 Å². The Morgan fingerprint density at radius 3 is 2.79 bits per heavy atom. The van der Waals surface area contributed by atoms with Gasteiger partial charge in [0.05, 0.1) is 6.26 Å². The van der Waals surface area contributed by atoms with Gasteiger partial charge in [0, 0.05) is 23.5 Å². The van der Waals surface area contributed by atoms with Crippen LogP contribution in [0.5, 0.6) is 0 Å². The molecule has 19 heavy (non-hydrogen) atoms. The summed E-state index contributed by atoms with van der Waals surface area (Å²) in [5.74, 6) is 0. The maximum atomic E-state index is 5.66. The highest BCUT2D eigenvalue weighted by Crippen LogP contribution is 2.31. The monoisotopic (exact) mass is 257 g/mol. The van der Waals surface area contributed by atoms with Gasteiger partial charge in [0.1, 0.15) is 5.58 Å². The molecule has 2 nitrogen and oxygen atoms in total. The Morgan fingerprint density at radius 1 is 1.32 bits per heavy atom. The van der Waals surface area contributed by atoms with Crippen LogP contribution in [0.3, 0.4) is 0 Å². The normalized spacial score (nSPS) is 16.2. The molecule has 1 aromatic heterocycles. The molecule has 0 spiro atoms. The van der Waals surface area contributed by atoms with E-state index < -0.39 is 0 Å². The fourth-order valence-electron chi connectivity index (χ4n) is 2.39. The van der Waals surface area contributed by atoms with E-state index in [2.05, 4.69) is 44.3 Å². The van der Waals surface area contributed by atoms with Gasteiger partial charge in [-0.3, -0.25) is 0 Å². The number of hydrogen-bond acceptors (Lipinski definition) is 2. The number of furan rings is 1. The van der Waals surface area contributed by atoms with Crippen LogP contribution >= 0.6 is 0 Å². The largest absolute Gasteiger partial charge is 0.464 e. The molecule has 1 aliphatic rings. The highest BCUT2D eigenvalue weighted by atomic mass is 16.3. The van der Waals surface area contributed by atoms with Crippen LogP contribution < -0.4 is 5.32 Å². The van der Waals surface area contributed by atoms with Gasteiger partial charge in [-0.05, 0) is 42.4 Å². The summed E-state index contributed by atoms with van der Waals surface area (Å²) >= 11 is 0. The van der Waals surface area contributed by atoms with Crippen LogP contribution in [0.25, 0.3) is 11.0 Å². The Hall–Kier alpha value is -1.28. The molecule has 1 aromatic carbocycles. The summed E-state index contributed by atoms with van der Waals surface area (Å²) in [4.78, 5) is 0. The van der Waals surface area contributed by atoms with Gasteiger partial charge in [0.15, 0.2) is 0 Å². The summed E-state index contributed by atoms with van der Waals surface area (Å²) in [7, 11) is 0. The number of nitrogens with one attached hydrogen (secondary N) is 1. The van der Waals surface area contributed by atoms with Crippen molar-refractivity contribution in [3.05, 3.63) is 35.6 Å². The van der Waals surface area contributed by atoms with Gasteiger partial charge < -0.3 is 9.73 Å². The van der Waals surface area contributed by atoms with Crippen molar-refractivity contribution in [2.75, 3.05) is 0 Å². The van der Waals surface area contributed by atoms with Crippen molar-refractivity contribution >= 4 is 11.0 Å². The van der Waals surface area contributed by atoms with Crippen molar-refractivity contribution < 1.29 is 4.42 Å². The molecule has 0 radical (unpaired) electrons. The van der Waals surface area contributed by atoms with Crippen molar-refractivity contribution in [2.24, 2.45) is 0 Å². The topological polar surface area (TPSA) is 25.2 Å². The van der Waals surface area contributed by atoms with Gasteiger partial charge in [0.25, 0.3) is 0 Å². The fraction of sp³-hybridized carbons (Fsp3) is 0.529. The quantitative estimate of drug-likeness (QED) is 0.860. The maximum Gasteiger partial charge on any atom is 0.134 e. The van der Waals surface area contributed by atoms with Gasteiger partial charge in [-0.15, -0.1) is 0 Å². The summed E-state index contributed by atoms with van der Waals surface area (Å²) in [5, 5.41) is 4.83. The van der Waals surface area contributed by atoms with Crippen LogP contribution in [-0.4, -0.2) is 6.04 Å². The minimum atomic E-state index is 0.229. The lowest BCUT2D eigenvalue weighted by molar-refractivity contribution is 0.506. The average molecular weight is 257 g/mol. The van der Waals surface area contributed by atoms with Gasteiger partial charge in [-0.2, -0.15) is 0 Å². The van der Waals surface area contributed by atoms with E-state index >= 15 is 0 Å². The van der Waals surface area contributed by atoms with E-state index in [4.69, 9.17) is 4.42 Å². The summed E-state index contributed by atoms with van der Waals surface area (Å²) < 4.78 is 5.66. The molecule has 0 saturated heterocycles. The predicted octanol–water partition coefficient (Wildman–Crippen LogP) is 4.37. The van der Waals surface area contributed by atoms with Crippen LogP contribution in [0.2, 0.25) is 0 Å².